The van der Waals surface area contributed by atoms with Crippen LogP contribution in [0.3, 0.4) is 0 Å². The standard InChI is InChI=1S/C17H20N2O4.C5H12O/c1-19(15-7-8-16(22)18-17(15)23)10-14-12(6-3-9-20)4-2-5-13(14)11-21;1-5(2,3)6-4/h2,4-5,9,11,15H,3,6-8,10H2,1H3,(H,18,22,23);1-4H3. The van der Waals surface area contributed by atoms with Crippen molar-refractivity contribution in [2.24, 2.45) is 0 Å². The third-order valence-electron chi connectivity index (χ3n) is 4.73. The largest absolute Gasteiger partial charge is 0.379 e. The number of carbonyl (C=O) groups is 4. The fourth-order valence-electron chi connectivity index (χ4n) is 2.87. The number of rotatable bonds is 7. The highest BCUT2D eigenvalue weighted by molar-refractivity contribution is 6.00. The minimum atomic E-state index is -0.397. The molecule has 2 rings (SSSR count). The summed E-state index contributed by atoms with van der Waals surface area (Å²) in [4.78, 5) is 47.0. The van der Waals surface area contributed by atoms with Gasteiger partial charge in [-0.2, -0.15) is 0 Å². The van der Waals surface area contributed by atoms with Crippen LogP contribution in [0.5, 0.6) is 0 Å². The van der Waals surface area contributed by atoms with E-state index < -0.39 is 6.04 Å². The van der Waals surface area contributed by atoms with E-state index in [0.717, 1.165) is 23.7 Å². The summed E-state index contributed by atoms with van der Waals surface area (Å²) in [5.74, 6) is -0.554. The Morgan fingerprint density at radius 3 is 2.41 bits per heavy atom. The zero-order valence-corrected chi connectivity index (χ0v) is 18.0. The van der Waals surface area contributed by atoms with Gasteiger partial charge in [0.2, 0.25) is 11.8 Å². The summed E-state index contributed by atoms with van der Waals surface area (Å²) in [6.07, 6.45) is 3.36. The normalized spacial score (nSPS) is 16.7. The average Bonchev–Trinajstić information content (AvgIpc) is 2.66. The number of aryl methyl sites for hydroxylation is 1. The molecular formula is C22H32N2O5. The molecule has 0 aromatic heterocycles. The zero-order valence-electron chi connectivity index (χ0n) is 18.0. The smallest absolute Gasteiger partial charge is 0.243 e. The second-order valence-corrected chi connectivity index (χ2v) is 8.01. The first kappa shape index (κ1) is 24.7. The fraction of sp³-hybridized carbons (Fsp3) is 0.545. The third-order valence-corrected chi connectivity index (χ3v) is 4.73. The molecule has 1 unspecified atom stereocenters. The van der Waals surface area contributed by atoms with Crippen LogP contribution in [0, 0.1) is 0 Å². The van der Waals surface area contributed by atoms with Crippen LogP contribution in [0.25, 0.3) is 0 Å². The van der Waals surface area contributed by atoms with Crippen molar-refractivity contribution in [3.63, 3.8) is 0 Å². The van der Waals surface area contributed by atoms with Crippen LogP contribution in [-0.2, 0) is 32.1 Å². The number of imide groups is 1. The first-order valence-corrected chi connectivity index (χ1v) is 9.71. The van der Waals surface area contributed by atoms with E-state index in [1.807, 2.05) is 31.7 Å². The van der Waals surface area contributed by atoms with Crippen molar-refractivity contribution < 1.29 is 23.9 Å². The van der Waals surface area contributed by atoms with Crippen LogP contribution < -0.4 is 5.32 Å². The lowest BCUT2D eigenvalue weighted by atomic mass is 9.96. The molecule has 1 aromatic carbocycles. The van der Waals surface area contributed by atoms with E-state index in [-0.39, 0.29) is 17.4 Å². The van der Waals surface area contributed by atoms with Crippen LogP contribution in [-0.4, -0.2) is 55.1 Å². The van der Waals surface area contributed by atoms with Gasteiger partial charge in [-0.25, -0.2) is 0 Å². The fourth-order valence-corrected chi connectivity index (χ4v) is 2.87. The first-order chi connectivity index (χ1) is 13.6. The molecule has 7 nitrogen and oxygen atoms in total. The Kier molecular flexibility index (Phi) is 9.85. The van der Waals surface area contributed by atoms with Crippen LogP contribution in [0.2, 0.25) is 0 Å². The molecule has 1 N–H and O–H groups in total. The Morgan fingerprint density at radius 2 is 1.90 bits per heavy atom. The first-order valence-electron chi connectivity index (χ1n) is 9.71. The van der Waals surface area contributed by atoms with Crippen molar-refractivity contribution in [1.29, 1.82) is 0 Å². The minimum Gasteiger partial charge on any atom is -0.379 e. The maximum atomic E-state index is 12.0. The zero-order chi connectivity index (χ0) is 22.0. The molecule has 1 fully saturated rings. The molecule has 1 aliphatic heterocycles. The molecule has 1 aromatic rings. The molecule has 0 saturated carbocycles. The summed E-state index contributed by atoms with van der Waals surface area (Å²) in [7, 11) is 3.51. The molecule has 0 spiro atoms. The number of methoxy groups -OCH3 is 1. The predicted octanol–water partition coefficient (Wildman–Crippen LogP) is 2.30. The average molecular weight is 405 g/mol. The summed E-state index contributed by atoms with van der Waals surface area (Å²) < 4.78 is 4.94. The van der Waals surface area contributed by atoms with E-state index in [1.165, 1.54) is 0 Å². The Morgan fingerprint density at radius 1 is 1.24 bits per heavy atom. The van der Waals surface area contributed by atoms with E-state index in [9.17, 15) is 19.2 Å². The highest BCUT2D eigenvalue weighted by atomic mass is 16.5. The molecule has 7 heteroatoms. The second kappa shape index (κ2) is 11.6. The molecule has 1 aliphatic rings. The van der Waals surface area contributed by atoms with E-state index in [1.54, 1.807) is 26.3 Å². The maximum Gasteiger partial charge on any atom is 0.243 e. The number of piperidine rings is 1. The van der Waals surface area contributed by atoms with Crippen molar-refractivity contribution in [2.75, 3.05) is 14.2 Å². The van der Waals surface area contributed by atoms with Gasteiger partial charge in [-0.15, -0.1) is 0 Å². The van der Waals surface area contributed by atoms with E-state index >= 15 is 0 Å². The highest BCUT2D eigenvalue weighted by Gasteiger charge is 2.30. The van der Waals surface area contributed by atoms with Crippen molar-refractivity contribution >= 4 is 24.4 Å². The molecule has 1 heterocycles. The molecule has 1 saturated heterocycles. The van der Waals surface area contributed by atoms with Gasteiger partial charge in [0.05, 0.1) is 11.6 Å². The summed E-state index contributed by atoms with van der Waals surface area (Å²) in [5, 5.41) is 2.34. The number of nitrogens with zero attached hydrogens (tertiary/aromatic N) is 1. The number of amides is 2. The lowest BCUT2D eigenvalue weighted by Crippen LogP contribution is -2.51. The lowest BCUT2D eigenvalue weighted by molar-refractivity contribution is -0.137. The van der Waals surface area contributed by atoms with Crippen molar-refractivity contribution in [1.82, 2.24) is 10.2 Å². The van der Waals surface area contributed by atoms with Crippen LogP contribution in [0.1, 0.15) is 61.5 Å². The predicted molar refractivity (Wildman–Crippen MR) is 111 cm³/mol. The number of nitrogens with one attached hydrogen (secondary N) is 1. The Balaban J connectivity index is 0.000000612. The highest BCUT2D eigenvalue weighted by Crippen LogP contribution is 2.20. The summed E-state index contributed by atoms with van der Waals surface area (Å²) >= 11 is 0. The van der Waals surface area contributed by atoms with Gasteiger partial charge < -0.3 is 9.53 Å². The number of ether oxygens (including phenoxy) is 1. The van der Waals surface area contributed by atoms with E-state index in [2.05, 4.69) is 5.32 Å². The molecule has 0 aliphatic carbocycles. The van der Waals surface area contributed by atoms with Crippen molar-refractivity contribution in [2.45, 2.75) is 64.6 Å². The Labute approximate surface area is 172 Å². The van der Waals surface area contributed by atoms with Gasteiger partial charge in [0, 0.05) is 32.1 Å². The van der Waals surface area contributed by atoms with Gasteiger partial charge in [-0.1, -0.05) is 18.2 Å². The van der Waals surface area contributed by atoms with Crippen molar-refractivity contribution in [3.8, 4) is 0 Å². The summed E-state index contributed by atoms with van der Waals surface area (Å²) in [6.45, 7) is 6.47. The molecule has 0 radical (unpaired) electrons. The van der Waals surface area contributed by atoms with Gasteiger partial charge in [-0.05, 0) is 51.8 Å². The SMILES string of the molecule is CN(Cc1c(C=O)cccc1CCC=O)C1CCC(=O)NC1=O.COC(C)(C)C. The summed E-state index contributed by atoms with van der Waals surface area (Å²) in [6, 6.07) is 5.01. The maximum absolute atomic E-state index is 12.0. The molecule has 1 atom stereocenters. The molecule has 0 bridgehead atoms. The van der Waals surface area contributed by atoms with Gasteiger partial charge in [-0.3, -0.25) is 24.6 Å². The van der Waals surface area contributed by atoms with Crippen LogP contribution in [0.15, 0.2) is 18.2 Å². The quantitative estimate of drug-likeness (QED) is 0.554. The number of carbonyl (C=O) groups excluding carboxylic acids is 4. The second-order valence-electron chi connectivity index (χ2n) is 8.01. The molecular weight excluding hydrogens is 372 g/mol. The van der Waals surface area contributed by atoms with E-state index in [0.29, 0.717) is 37.8 Å². The Hall–Kier alpha value is -2.38. The third kappa shape index (κ3) is 8.25. The summed E-state index contributed by atoms with van der Waals surface area (Å²) in [5.41, 5.74) is 2.37. The Bertz CT molecular complexity index is 724. The molecule has 160 valence electrons. The number of hydrogen-bond acceptors (Lipinski definition) is 6. The lowest BCUT2D eigenvalue weighted by Gasteiger charge is -2.30. The van der Waals surface area contributed by atoms with Crippen molar-refractivity contribution in [3.05, 3.63) is 34.9 Å². The topological polar surface area (TPSA) is 92.8 Å². The monoisotopic (exact) mass is 404 g/mol. The van der Waals surface area contributed by atoms with Crippen LogP contribution in [0.4, 0.5) is 0 Å². The van der Waals surface area contributed by atoms with Gasteiger partial charge in [0.25, 0.3) is 0 Å². The molecule has 29 heavy (non-hydrogen) atoms. The van der Waals surface area contributed by atoms with Gasteiger partial charge in [0.15, 0.2) is 0 Å². The van der Waals surface area contributed by atoms with E-state index in [4.69, 9.17) is 4.74 Å². The number of hydrogen-bond donors (Lipinski definition) is 1. The van der Waals surface area contributed by atoms with Gasteiger partial charge in [0.1, 0.15) is 12.6 Å². The minimum absolute atomic E-state index is 0.0417. The molecule has 2 amide bonds. The number of benzene rings is 1. The van der Waals surface area contributed by atoms with Crippen LogP contribution >= 0.6 is 0 Å². The number of likely N-dealkylation sites (N-methyl/N-ethyl adjacent to an activating group) is 1. The van der Waals surface area contributed by atoms with Gasteiger partial charge >= 0.3 is 0 Å². The number of aldehydes is 2.